The van der Waals surface area contributed by atoms with E-state index >= 15 is 8.78 Å². The van der Waals surface area contributed by atoms with Gasteiger partial charge in [-0.15, -0.1) is 0 Å². The fourth-order valence-corrected chi connectivity index (χ4v) is 7.21. The van der Waals surface area contributed by atoms with Crippen LogP contribution in [-0.4, -0.2) is 37.8 Å². The number of rotatable bonds is 8. The molecule has 7 rings (SSSR count). The SMILES string of the molecule is CSc1ncc(-c2ccc3c(c2)C(=O)NC3)c([C@H](Cc2cc(F)cc(F)c2)NC(=O)Cn2nc(C(F)(F)F)c3c2C(F)(F)[C@@H]2CC[C@H]32)n1. The van der Waals surface area contributed by atoms with Crippen LogP contribution in [0.4, 0.5) is 30.7 Å². The molecule has 0 unspecified atom stereocenters. The Balaban J connectivity index is 1.29. The molecule has 0 bridgehead atoms. The van der Waals surface area contributed by atoms with Gasteiger partial charge in [-0.3, -0.25) is 14.3 Å². The highest BCUT2D eigenvalue weighted by atomic mass is 32.2. The average Bonchev–Trinajstić information content (AvgIpc) is 3.59. The van der Waals surface area contributed by atoms with Gasteiger partial charge in [0.1, 0.15) is 23.9 Å². The minimum Gasteiger partial charge on any atom is -0.348 e. The van der Waals surface area contributed by atoms with Gasteiger partial charge < -0.3 is 10.6 Å². The maximum atomic E-state index is 15.4. The summed E-state index contributed by atoms with van der Waals surface area (Å²) in [5.41, 5.74) is -0.693. The summed E-state index contributed by atoms with van der Waals surface area (Å²) in [5, 5.41) is 9.09. The van der Waals surface area contributed by atoms with Crippen molar-refractivity contribution in [3.8, 4) is 11.1 Å². The smallest absolute Gasteiger partial charge is 0.348 e. The normalized spacial score (nSPS) is 19.6. The molecule has 3 aliphatic rings. The van der Waals surface area contributed by atoms with Crippen molar-refractivity contribution in [1.82, 2.24) is 30.4 Å². The number of hydrogen-bond acceptors (Lipinski definition) is 6. The standard InChI is InChI=1S/C32H25F7N6O2S/c1-48-30-41-12-21(15-2-3-16-11-40-29(47)20(16)9-15)26(43-30)23(8-14-6-17(33)10-18(34)7-14)42-24(46)13-45-28-25(27(44-45)32(37,38)39)19-4-5-22(19)31(28,35)36/h2-3,6-7,9-10,12,19,22-23H,4-5,8,11,13H2,1H3,(H,40,47)(H,42,46)/t19-,22+,23-/m0/s1. The predicted molar refractivity (Wildman–Crippen MR) is 158 cm³/mol. The quantitative estimate of drug-likeness (QED) is 0.128. The van der Waals surface area contributed by atoms with Gasteiger partial charge in [0.15, 0.2) is 10.9 Å². The van der Waals surface area contributed by atoms with Crippen molar-refractivity contribution < 1.29 is 40.3 Å². The van der Waals surface area contributed by atoms with Crippen LogP contribution in [0.25, 0.3) is 11.1 Å². The van der Waals surface area contributed by atoms with Crippen LogP contribution in [0.5, 0.6) is 0 Å². The summed E-state index contributed by atoms with van der Waals surface area (Å²) in [6.07, 6.45) is -1.93. The molecule has 0 spiro atoms. The van der Waals surface area contributed by atoms with E-state index in [4.69, 9.17) is 0 Å². The fraction of sp³-hybridized carbons (Fsp3) is 0.344. The van der Waals surface area contributed by atoms with Gasteiger partial charge >= 0.3 is 6.18 Å². The van der Waals surface area contributed by atoms with Crippen LogP contribution < -0.4 is 10.6 Å². The molecule has 8 nitrogen and oxygen atoms in total. The lowest BCUT2D eigenvalue weighted by Crippen LogP contribution is -2.36. The summed E-state index contributed by atoms with van der Waals surface area (Å²) < 4.78 is 102. The molecule has 0 saturated heterocycles. The summed E-state index contributed by atoms with van der Waals surface area (Å²) in [5.74, 6) is -9.02. The lowest BCUT2D eigenvalue weighted by molar-refractivity contribution is -0.144. The topological polar surface area (TPSA) is 102 Å². The van der Waals surface area contributed by atoms with Gasteiger partial charge in [-0.05, 0) is 66.3 Å². The van der Waals surface area contributed by atoms with E-state index in [1.807, 2.05) is 0 Å². The molecule has 250 valence electrons. The van der Waals surface area contributed by atoms with Gasteiger partial charge in [0.25, 0.3) is 11.8 Å². The number of nitrogens with zero attached hydrogens (tertiary/aromatic N) is 4. The van der Waals surface area contributed by atoms with Crippen LogP contribution in [0.3, 0.4) is 0 Å². The zero-order valence-corrected chi connectivity index (χ0v) is 25.8. The summed E-state index contributed by atoms with van der Waals surface area (Å²) >= 11 is 1.16. The van der Waals surface area contributed by atoms with Gasteiger partial charge in [0.2, 0.25) is 5.91 Å². The van der Waals surface area contributed by atoms with E-state index < -0.39 is 71.0 Å². The van der Waals surface area contributed by atoms with Crippen LogP contribution in [0.2, 0.25) is 0 Å². The van der Waals surface area contributed by atoms with Gasteiger partial charge in [-0.1, -0.05) is 23.9 Å². The van der Waals surface area contributed by atoms with E-state index in [-0.39, 0.29) is 41.6 Å². The zero-order valence-electron chi connectivity index (χ0n) is 25.0. The van der Waals surface area contributed by atoms with E-state index in [0.717, 1.165) is 29.5 Å². The molecule has 2 amide bonds. The molecule has 3 heterocycles. The van der Waals surface area contributed by atoms with Crippen LogP contribution in [0.1, 0.15) is 68.9 Å². The van der Waals surface area contributed by atoms with E-state index in [0.29, 0.717) is 34.0 Å². The predicted octanol–water partition coefficient (Wildman–Crippen LogP) is 6.30. The maximum absolute atomic E-state index is 15.4. The molecule has 3 atom stereocenters. The van der Waals surface area contributed by atoms with Gasteiger partial charge in [-0.25, -0.2) is 18.7 Å². The Bertz CT molecular complexity index is 1960. The molecule has 16 heteroatoms. The van der Waals surface area contributed by atoms with Crippen molar-refractivity contribution in [2.24, 2.45) is 5.92 Å². The highest BCUT2D eigenvalue weighted by Crippen LogP contribution is 2.64. The van der Waals surface area contributed by atoms with E-state index in [2.05, 4.69) is 25.7 Å². The molecule has 1 saturated carbocycles. The molecule has 2 aromatic carbocycles. The number of fused-ring (bicyclic) bond motifs is 4. The summed E-state index contributed by atoms with van der Waals surface area (Å²) in [4.78, 5) is 35.0. The summed E-state index contributed by atoms with van der Waals surface area (Å²) in [6.45, 7) is -0.656. The second-order valence-electron chi connectivity index (χ2n) is 12.0. The molecule has 2 N–H and O–H groups in total. The highest BCUT2D eigenvalue weighted by Gasteiger charge is 2.63. The van der Waals surface area contributed by atoms with Crippen molar-refractivity contribution in [3.05, 3.63) is 93.6 Å². The van der Waals surface area contributed by atoms with Crippen LogP contribution in [0.15, 0.2) is 47.8 Å². The Labute approximate surface area is 272 Å². The van der Waals surface area contributed by atoms with Gasteiger partial charge in [0.05, 0.1) is 11.7 Å². The van der Waals surface area contributed by atoms with E-state index in [1.165, 1.54) is 6.20 Å². The van der Waals surface area contributed by atoms with Crippen LogP contribution in [0, 0.1) is 17.6 Å². The number of alkyl halides is 5. The maximum Gasteiger partial charge on any atom is 0.435 e. The molecule has 2 aromatic heterocycles. The fourth-order valence-electron chi connectivity index (χ4n) is 6.86. The molecule has 2 aliphatic carbocycles. The third-order valence-corrected chi connectivity index (χ3v) is 9.65. The number of thioether (sulfide) groups is 1. The van der Waals surface area contributed by atoms with Gasteiger partial charge in [-0.2, -0.15) is 27.1 Å². The first-order chi connectivity index (χ1) is 22.7. The Kier molecular flexibility index (Phi) is 7.75. The molecule has 48 heavy (non-hydrogen) atoms. The number of hydrogen-bond donors (Lipinski definition) is 2. The van der Waals surface area contributed by atoms with E-state index in [9.17, 15) is 31.5 Å². The van der Waals surface area contributed by atoms with Crippen molar-refractivity contribution in [2.75, 3.05) is 6.26 Å². The first kappa shape index (κ1) is 32.1. The lowest BCUT2D eigenvalue weighted by Gasteiger charge is -2.34. The minimum absolute atomic E-state index is 0.0424. The second-order valence-corrected chi connectivity index (χ2v) is 12.8. The number of benzene rings is 2. The number of carbonyl (C=O) groups is 2. The number of nitrogens with one attached hydrogen (secondary N) is 2. The monoisotopic (exact) mass is 690 g/mol. The first-order valence-electron chi connectivity index (χ1n) is 14.9. The lowest BCUT2D eigenvalue weighted by atomic mass is 9.73. The van der Waals surface area contributed by atoms with Crippen molar-refractivity contribution in [3.63, 3.8) is 0 Å². The number of amides is 2. The third-order valence-electron chi connectivity index (χ3n) is 9.09. The minimum atomic E-state index is -5.02. The number of halogens is 7. The van der Waals surface area contributed by atoms with Crippen LogP contribution in [-0.2, 0) is 36.4 Å². The Morgan fingerprint density at radius 1 is 1.12 bits per heavy atom. The van der Waals surface area contributed by atoms with E-state index in [1.54, 1.807) is 24.5 Å². The van der Waals surface area contributed by atoms with Crippen molar-refractivity contribution in [2.45, 2.75) is 61.6 Å². The number of aromatic nitrogens is 4. The summed E-state index contributed by atoms with van der Waals surface area (Å²) in [6, 6.07) is 6.62. The van der Waals surface area contributed by atoms with Crippen LogP contribution >= 0.6 is 11.8 Å². The zero-order chi connectivity index (χ0) is 34.1. The van der Waals surface area contributed by atoms with Gasteiger partial charge in [0, 0.05) is 41.4 Å². The number of carbonyl (C=O) groups excluding carboxylic acids is 2. The highest BCUT2D eigenvalue weighted by molar-refractivity contribution is 7.98. The molecule has 1 aliphatic heterocycles. The van der Waals surface area contributed by atoms with Crippen molar-refractivity contribution >= 4 is 23.6 Å². The molecule has 1 fully saturated rings. The molecular weight excluding hydrogens is 665 g/mol. The largest absolute Gasteiger partial charge is 0.435 e. The van der Waals surface area contributed by atoms with Crippen molar-refractivity contribution in [1.29, 1.82) is 0 Å². The average molecular weight is 691 g/mol. The Morgan fingerprint density at radius 2 is 1.88 bits per heavy atom. The molecular formula is C32H25F7N6O2S. The molecule has 0 radical (unpaired) electrons. The first-order valence-corrected chi connectivity index (χ1v) is 16.1. The second kappa shape index (κ2) is 11.6. The molecule has 4 aromatic rings. The summed E-state index contributed by atoms with van der Waals surface area (Å²) in [7, 11) is 0. The third kappa shape index (κ3) is 5.48. The Morgan fingerprint density at radius 3 is 2.54 bits per heavy atom. The Hall–Kier alpha value is -4.47.